The summed E-state index contributed by atoms with van der Waals surface area (Å²) in [5.41, 5.74) is 6.45. The van der Waals surface area contributed by atoms with E-state index in [1.54, 1.807) is 0 Å². The number of carboxylic acids is 3. The number of rotatable bonds is 16. The van der Waals surface area contributed by atoms with E-state index in [-0.39, 0.29) is 19.3 Å². The second-order valence-electron chi connectivity index (χ2n) is 8.22. The summed E-state index contributed by atoms with van der Waals surface area (Å²) < 4.78 is 0. The third kappa shape index (κ3) is 9.69. The maximum absolute atomic E-state index is 13.0. The summed E-state index contributed by atoms with van der Waals surface area (Å²) in [7, 11) is 0. The number of carboxylic acid groups (broad SMARTS) is 3. The average molecular weight is 537 g/mol. The number of nitrogens with zero attached hydrogens (tertiary/aromatic N) is 2. The Balaban J connectivity index is 2.18. The topological polar surface area (TPSA) is 283 Å². The Morgan fingerprint density at radius 3 is 1.74 bits per heavy atom. The largest absolute Gasteiger partial charge is 0.481 e. The van der Waals surface area contributed by atoms with Crippen LogP contribution >= 0.6 is 0 Å². The molecule has 2 heterocycles. The van der Waals surface area contributed by atoms with Gasteiger partial charge in [-0.1, -0.05) is 0 Å². The van der Waals surface area contributed by atoms with Gasteiger partial charge in [0.15, 0.2) is 0 Å². The van der Waals surface area contributed by atoms with Crippen molar-refractivity contribution in [3.63, 3.8) is 0 Å². The molecule has 17 heteroatoms. The Labute approximate surface area is 214 Å². The van der Waals surface area contributed by atoms with Crippen LogP contribution in [0.1, 0.15) is 30.7 Å². The minimum Gasteiger partial charge on any atom is -0.481 e. The number of hydrogen-bond donors (Lipinski definition) is 9. The lowest BCUT2D eigenvalue weighted by molar-refractivity contribution is -0.143. The smallest absolute Gasteiger partial charge is 0.326 e. The lowest BCUT2D eigenvalue weighted by Crippen LogP contribution is -2.58. The Hall–Kier alpha value is -4.80. The molecule has 0 spiro atoms. The van der Waals surface area contributed by atoms with E-state index in [9.17, 15) is 39.0 Å². The number of carbonyl (C=O) groups excluding carboxylic acids is 3. The van der Waals surface area contributed by atoms with Crippen molar-refractivity contribution >= 4 is 35.6 Å². The van der Waals surface area contributed by atoms with Gasteiger partial charge in [0, 0.05) is 43.0 Å². The number of hydrogen-bond acceptors (Lipinski definition) is 9. The van der Waals surface area contributed by atoms with E-state index in [1.165, 1.54) is 25.0 Å². The van der Waals surface area contributed by atoms with Crippen LogP contribution in [0, 0.1) is 0 Å². The van der Waals surface area contributed by atoms with Gasteiger partial charge in [0.2, 0.25) is 17.7 Å². The molecule has 17 nitrogen and oxygen atoms in total. The lowest BCUT2D eigenvalue weighted by Gasteiger charge is -2.24. The molecule has 2 rings (SSSR count). The standard InChI is InChI=1S/C21H28N8O9/c22-12(1-2-16(30)31)18(34)27-14(5-17(32)33)20(36)28-13(3-10-6-23-8-25-10)19(35)29-15(21(37)38)4-11-7-24-9-26-11/h6-9,12-15H,1-5,22H2,(H,23,25)(H,24,26)(H,27,34)(H,28,36)(H,29,35)(H,30,31)(H,32,33)(H,37,38). The third-order valence-electron chi connectivity index (χ3n) is 5.22. The van der Waals surface area contributed by atoms with Crippen LogP contribution in [0.3, 0.4) is 0 Å². The van der Waals surface area contributed by atoms with Crippen molar-refractivity contribution in [1.29, 1.82) is 0 Å². The summed E-state index contributed by atoms with van der Waals surface area (Å²) >= 11 is 0. The molecule has 38 heavy (non-hydrogen) atoms. The summed E-state index contributed by atoms with van der Waals surface area (Å²) in [4.78, 5) is 85.2. The summed E-state index contributed by atoms with van der Waals surface area (Å²) in [6, 6.07) is -5.81. The zero-order valence-corrected chi connectivity index (χ0v) is 19.9. The van der Waals surface area contributed by atoms with Crippen LogP contribution in [0.5, 0.6) is 0 Å². The van der Waals surface area contributed by atoms with Crippen molar-refractivity contribution in [2.24, 2.45) is 5.73 Å². The Morgan fingerprint density at radius 1 is 0.763 bits per heavy atom. The SMILES string of the molecule is NC(CCC(=O)O)C(=O)NC(CC(=O)O)C(=O)NC(Cc1cnc[nH]1)C(=O)NC(Cc1cnc[nH]1)C(=O)O. The van der Waals surface area contributed by atoms with Crippen LogP contribution in [-0.2, 0) is 41.6 Å². The maximum Gasteiger partial charge on any atom is 0.326 e. The minimum absolute atomic E-state index is 0.141. The van der Waals surface area contributed by atoms with Crippen molar-refractivity contribution in [1.82, 2.24) is 35.9 Å². The van der Waals surface area contributed by atoms with Gasteiger partial charge in [0.1, 0.15) is 18.1 Å². The minimum atomic E-state index is -1.67. The molecular weight excluding hydrogens is 508 g/mol. The predicted octanol–water partition coefficient (Wildman–Crippen LogP) is -2.88. The van der Waals surface area contributed by atoms with E-state index in [2.05, 4.69) is 35.9 Å². The summed E-state index contributed by atoms with van der Waals surface area (Å²) in [6.07, 6.45) is 3.51. The molecule has 0 aromatic carbocycles. The monoisotopic (exact) mass is 536 g/mol. The Kier molecular flexibility index (Phi) is 10.9. The highest BCUT2D eigenvalue weighted by Gasteiger charge is 2.32. The van der Waals surface area contributed by atoms with Crippen LogP contribution in [-0.4, -0.2) is 95.1 Å². The van der Waals surface area contributed by atoms with Gasteiger partial charge in [-0.15, -0.1) is 0 Å². The van der Waals surface area contributed by atoms with Gasteiger partial charge in [-0.2, -0.15) is 0 Å². The molecule has 0 aliphatic carbocycles. The highest BCUT2D eigenvalue weighted by atomic mass is 16.4. The number of aromatic amines is 2. The number of carbonyl (C=O) groups is 6. The van der Waals surface area contributed by atoms with Crippen LogP contribution in [0.2, 0.25) is 0 Å². The highest BCUT2D eigenvalue weighted by Crippen LogP contribution is 2.05. The second-order valence-corrected chi connectivity index (χ2v) is 8.22. The van der Waals surface area contributed by atoms with Crippen molar-refractivity contribution in [2.75, 3.05) is 0 Å². The van der Waals surface area contributed by atoms with Gasteiger partial charge < -0.3 is 47.0 Å². The van der Waals surface area contributed by atoms with Crippen molar-refractivity contribution in [3.8, 4) is 0 Å². The normalized spacial score (nSPS) is 13.9. The number of nitrogens with two attached hydrogens (primary N) is 1. The first-order chi connectivity index (χ1) is 18.0. The predicted molar refractivity (Wildman–Crippen MR) is 125 cm³/mol. The van der Waals surface area contributed by atoms with E-state index in [1.807, 2.05) is 0 Å². The fraction of sp³-hybridized carbons (Fsp3) is 0.429. The Bertz CT molecular complexity index is 1120. The van der Waals surface area contributed by atoms with E-state index in [0.717, 1.165) is 0 Å². The van der Waals surface area contributed by atoms with E-state index < -0.39 is 72.6 Å². The third-order valence-corrected chi connectivity index (χ3v) is 5.22. The lowest BCUT2D eigenvalue weighted by atomic mass is 10.1. The second kappa shape index (κ2) is 14.1. The van der Waals surface area contributed by atoms with E-state index in [4.69, 9.17) is 10.8 Å². The van der Waals surface area contributed by atoms with Crippen LogP contribution < -0.4 is 21.7 Å². The van der Waals surface area contributed by atoms with Gasteiger partial charge in [-0.05, 0) is 6.42 Å². The molecule has 2 aromatic heterocycles. The zero-order chi connectivity index (χ0) is 28.2. The first-order valence-corrected chi connectivity index (χ1v) is 11.2. The van der Waals surface area contributed by atoms with Gasteiger partial charge in [-0.25, -0.2) is 14.8 Å². The van der Waals surface area contributed by atoms with Gasteiger partial charge in [0.25, 0.3) is 0 Å². The van der Waals surface area contributed by atoms with Crippen molar-refractivity contribution in [3.05, 3.63) is 36.4 Å². The molecular formula is C21H28N8O9. The van der Waals surface area contributed by atoms with Crippen LogP contribution in [0.25, 0.3) is 0 Å². The molecule has 0 bridgehead atoms. The number of amides is 3. The molecule has 2 aromatic rings. The number of aromatic nitrogens is 4. The quantitative estimate of drug-likeness (QED) is 0.105. The molecule has 0 radical (unpaired) electrons. The summed E-state index contributed by atoms with van der Waals surface area (Å²) in [6.45, 7) is 0. The first kappa shape index (κ1) is 29.4. The molecule has 10 N–H and O–H groups in total. The Morgan fingerprint density at radius 2 is 1.26 bits per heavy atom. The van der Waals surface area contributed by atoms with E-state index >= 15 is 0 Å². The molecule has 0 saturated heterocycles. The maximum atomic E-state index is 13.0. The fourth-order valence-corrected chi connectivity index (χ4v) is 3.26. The van der Waals surface area contributed by atoms with Crippen molar-refractivity contribution < 1.29 is 44.1 Å². The van der Waals surface area contributed by atoms with Crippen molar-refractivity contribution in [2.45, 2.75) is 56.3 Å². The van der Waals surface area contributed by atoms with Gasteiger partial charge in [0.05, 0.1) is 25.1 Å². The first-order valence-electron chi connectivity index (χ1n) is 11.2. The zero-order valence-electron chi connectivity index (χ0n) is 19.9. The highest BCUT2D eigenvalue weighted by molar-refractivity contribution is 5.95. The molecule has 4 atom stereocenters. The number of nitrogens with one attached hydrogen (secondary N) is 5. The van der Waals surface area contributed by atoms with Gasteiger partial charge in [-0.3, -0.25) is 24.0 Å². The number of H-pyrrole nitrogens is 2. The fourth-order valence-electron chi connectivity index (χ4n) is 3.26. The summed E-state index contributed by atoms with van der Waals surface area (Å²) in [5, 5.41) is 34.3. The molecule has 0 aliphatic heterocycles. The molecule has 0 saturated carbocycles. The average Bonchev–Trinajstić information content (AvgIpc) is 3.55. The molecule has 0 aliphatic rings. The van der Waals surface area contributed by atoms with Crippen LogP contribution in [0.15, 0.2) is 25.0 Å². The molecule has 4 unspecified atom stereocenters. The number of imidazole rings is 2. The summed E-state index contributed by atoms with van der Waals surface area (Å²) in [5.74, 6) is -6.94. The molecule has 206 valence electrons. The molecule has 3 amide bonds. The van der Waals surface area contributed by atoms with Crippen LogP contribution in [0.4, 0.5) is 0 Å². The van der Waals surface area contributed by atoms with E-state index in [0.29, 0.717) is 11.4 Å². The van der Waals surface area contributed by atoms with Gasteiger partial charge >= 0.3 is 17.9 Å². The molecule has 0 fully saturated rings. The number of aliphatic carboxylic acids is 3.